The van der Waals surface area contributed by atoms with Crippen LogP contribution in [0.1, 0.15) is 37.6 Å². The molecule has 5 heteroatoms. The summed E-state index contributed by atoms with van der Waals surface area (Å²) in [5.74, 6) is 1.80. The minimum atomic E-state index is 0.772. The summed E-state index contributed by atoms with van der Waals surface area (Å²) in [5, 5.41) is 4.84. The first-order valence-corrected chi connectivity index (χ1v) is 9.26. The highest BCUT2D eigenvalue weighted by atomic mass is 32.1. The molecule has 2 aromatic rings. The van der Waals surface area contributed by atoms with E-state index in [9.17, 15) is 0 Å². The van der Waals surface area contributed by atoms with Gasteiger partial charge in [0, 0.05) is 18.0 Å². The summed E-state index contributed by atoms with van der Waals surface area (Å²) < 4.78 is 0. The molecule has 22 heavy (non-hydrogen) atoms. The van der Waals surface area contributed by atoms with Crippen LogP contribution >= 0.6 is 11.3 Å². The molecule has 4 nitrogen and oxygen atoms in total. The maximum absolute atomic E-state index is 4.53. The first-order valence-electron chi connectivity index (χ1n) is 8.44. The van der Waals surface area contributed by atoms with Crippen LogP contribution in [0, 0.1) is 5.92 Å². The first-order chi connectivity index (χ1) is 10.7. The van der Waals surface area contributed by atoms with Crippen LogP contribution in [0.4, 0.5) is 5.82 Å². The Morgan fingerprint density at radius 1 is 1.32 bits per heavy atom. The van der Waals surface area contributed by atoms with E-state index < -0.39 is 0 Å². The number of thiophene rings is 1. The standard InChI is InChI=1S/C17H26N4S/c1-4-21(5-2)9-8-18-16-15-13-10-12(3)6-7-14(13)22-17(15)20-11-19-16/h11-12H,4-10H2,1-3H3,(H,18,19,20). The molecule has 1 unspecified atom stereocenters. The highest BCUT2D eigenvalue weighted by Gasteiger charge is 2.23. The molecule has 1 atom stereocenters. The van der Waals surface area contributed by atoms with E-state index in [1.807, 2.05) is 11.3 Å². The molecular formula is C17H26N4S. The summed E-state index contributed by atoms with van der Waals surface area (Å²) in [4.78, 5) is 14.1. The van der Waals surface area contributed by atoms with Gasteiger partial charge in [-0.1, -0.05) is 20.8 Å². The quantitative estimate of drug-likeness (QED) is 0.884. The lowest BCUT2D eigenvalue weighted by Crippen LogP contribution is -2.28. The van der Waals surface area contributed by atoms with E-state index in [4.69, 9.17) is 0 Å². The van der Waals surface area contributed by atoms with Crippen LogP contribution in [0.25, 0.3) is 10.2 Å². The van der Waals surface area contributed by atoms with E-state index in [1.165, 1.54) is 35.1 Å². The Morgan fingerprint density at radius 3 is 2.91 bits per heavy atom. The lowest BCUT2D eigenvalue weighted by molar-refractivity contribution is 0.316. The van der Waals surface area contributed by atoms with Crippen molar-refractivity contribution < 1.29 is 0 Å². The number of nitrogens with zero attached hydrogens (tertiary/aromatic N) is 3. The molecule has 120 valence electrons. The van der Waals surface area contributed by atoms with Gasteiger partial charge in [0.1, 0.15) is 17.0 Å². The highest BCUT2D eigenvalue weighted by molar-refractivity contribution is 7.19. The second-order valence-electron chi connectivity index (χ2n) is 6.21. The van der Waals surface area contributed by atoms with Crippen molar-refractivity contribution in [3.63, 3.8) is 0 Å². The molecule has 1 N–H and O–H groups in total. The number of aromatic nitrogens is 2. The van der Waals surface area contributed by atoms with Crippen molar-refractivity contribution in [3.05, 3.63) is 16.8 Å². The fourth-order valence-electron chi connectivity index (χ4n) is 3.29. The van der Waals surface area contributed by atoms with Crippen molar-refractivity contribution in [2.45, 2.75) is 40.0 Å². The molecule has 0 bridgehead atoms. The monoisotopic (exact) mass is 318 g/mol. The molecule has 2 heterocycles. The van der Waals surface area contributed by atoms with E-state index in [1.54, 1.807) is 6.33 Å². The SMILES string of the molecule is CCN(CC)CCNc1ncnc2sc3c(c12)CC(C)CC3. The third-order valence-electron chi connectivity index (χ3n) is 4.70. The average Bonchev–Trinajstić information content (AvgIpc) is 2.90. The summed E-state index contributed by atoms with van der Waals surface area (Å²) in [6.45, 7) is 11.0. The number of hydrogen-bond donors (Lipinski definition) is 1. The van der Waals surface area contributed by atoms with Crippen LogP contribution in [0.15, 0.2) is 6.33 Å². The Morgan fingerprint density at radius 2 is 2.14 bits per heavy atom. The van der Waals surface area contributed by atoms with Gasteiger partial charge in [0.15, 0.2) is 0 Å². The van der Waals surface area contributed by atoms with Gasteiger partial charge in [-0.05, 0) is 43.8 Å². The topological polar surface area (TPSA) is 41.0 Å². The highest BCUT2D eigenvalue weighted by Crippen LogP contribution is 2.39. The van der Waals surface area contributed by atoms with Crippen molar-refractivity contribution >= 4 is 27.4 Å². The first kappa shape index (κ1) is 15.7. The van der Waals surface area contributed by atoms with E-state index >= 15 is 0 Å². The number of likely N-dealkylation sites (N-methyl/N-ethyl adjacent to an activating group) is 1. The molecule has 0 saturated heterocycles. The van der Waals surface area contributed by atoms with Crippen molar-refractivity contribution in [1.29, 1.82) is 0 Å². The Balaban J connectivity index is 1.82. The molecular weight excluding hydrogens is 292 g/mol. The number of hydrogen-bond acceptors (Lipinski definition) is 5. The van der Waals surface area contributed by atoms with Crippen molar-refractivity contribution in [3.8, 4) is 0 Å². The zero-order chi connectivity index (χ0) is 15.5. The lowest BCUT2D eigenvalue weighted by atomic mass is 9.88. The summed E-state index contributed by atoms with van der Waals surface area (Å²) >= 11 is 1.86. The number of nitrogens with one attached hydrogen (secondary N) is 1. The van der Waals surface area contributed by atoms with E-state index in [0.29, 0.717) is 0 Å². The second kappa shape index (κ2) is 6.92. The fourth-order valence-corrected chi connectivity index (χ4v) is 4.47. The number of fused-ring (bicyclic) bond motifs is 3. The fraction of sp³-hybridized carbons (Fsp3) is 0.647. The molecule has 0 aromatic carbocycles. The van der Waals surface area contributed by atoms with Crippen LogP contribution in [0.5, 0.6) is 0 Å². The second-order valence-corrected chi connectivity index (χ2v) is 7.29. The maximum atomic E-state index is 4.53. The van der Waals surface area contributed by atoms with Gasteiger partial charge >= 0.3 is 0 Å². The third kappa shape index (κ3) is 3.10. The number of aryl methyl sites for hydroxylation is 1. The Labute approximate surface area is 137 Å². The van der Waals surface area contributed by atoms with Gasteiger partial charge in [0.25, 0.3) is 0 Å². The third-order valence-corrected chi connectivity index (χ3v) is 5.90. The summed E-state index contributed by atoms with van der Waals surface area (Å²) in [6.07, 6.45) is 5.38. The van der Waals surface area contributed by atoms with E-state index in [0.717, 1.165) is 42.7 Å². The van der Waals surface area contributed by atoms with Crippen molar-refractivity contribution in [2.24, 2.45) is 5.92 Å². The zero-order valence-corrected chi connectivity index (χ0v) is 14.7. The zero-order valence-electron chi connectivity index (χ0n) is 13.9. The molecule has 2 aromatic heterocycles. The van der Waals surface area contributed by atoms with Gasteiger partial charge in [-0.25, -0.2) is 9.97 Å². The molecule has 0 spiro atoms. The molecule has 0 radical (unpaired) electrons. The van der Waals surface area contributed by atoms with Crippen LogP contribution < -0.4 is 5.32 Å². The average molecular weight is 318 g/mol. The largest absolute Gasteiger partial charge is 0.368 e. The molecule has 0 saturated carbocycles. The van der Waals surface area contributed by atoms with Gasteiger partial charge in [0.2, 0.25) is 0 Å². The summed E-state index contributed by atoms with van der Waals surface area (Å²) in [7, 11) is 0. The molecule has 3 rings (SSSR count). The van der Waals surface area contributed by atoms with Crippen LogP contribution in [0.3, 0.4) is 0 Å². The normalized spacial score (nSPS) is 17.9. The molecule has 0 fully saturated rings. The molecule has 1 aliphatic rings. The van der Waals surface area contributed by atoms with Crippen molar-refractivity contribution in [2.75, 3.05) is 31.5 Å². The maximum Gasteiger partial charge on any atom is 0.138 e. The smallest absolute Gasteiger partial charge is 0.138 e. The van der Waals surface area contributed by atoms with Gasteiger partial charge in [0.05, 0.1) is 5.39 Å². The molecule has 1 aliphatic carbocycles. The predicted octanol–water partition coefficient (Wildman–Crippen LogP) is 3.57. The minimum absolute atomic E-state index is 0.772. The van der Waals surface area contributed by atoms with Gasteiger partial charge in [-0.2, -0.15) is 0 Å². The van der Waals surface area contributed by atoms with E-state index in [2.05, 4.69) is 41.0 Å². The van der Waals surface area contributed by atoms with Gasteiger partial charge in [-0.3, -0.25) is 0 Å². The van der Waals surface area contributed by atoms with Crippen LogP contribution in [-0.2, 0) is 12.8 Å². The molecule has 0 amide bonds. The number of anilines is 1. The van der Waals surface area contributed by atoms with Crippen LogP contribution in [-0.4, -0.2) is 41.0 Å². The Bertz CT molecular complexity index is 633. The number of rotatable bonds is 6. The van der Waals surface area contributed by atoms with Crippen molar-refractivity contribution in [1.82, 2.24) is 14.9 Å². The molecule has 0 aliphatic heterocycles. The van der Waals surface area contributed by atoms with Gasteiger partial charge < -0.3 is 10.2 Å². The Kier molecular flexibility index (Phi) is 4.93. The van der Waals surface area contributed by atoms with Crippen LogP contribution in [0.2, 0.25) is 0 Å². The summed E-state index contributed by atoms with van der Waals surface area (Å²) in [5.41, 5.74) is 1.50. The predicted molar refractivity (Wildman–Crippen MR) is 94.9 cm³/mol. The Hall–Kier alpha value is -1.20. The lowest BCUT2D eigenvalue weighted by Gasteiger charge is -2.20. The van der Waals surface area contributed by atoms with E-state index in [-0.39, 0.29) is 0 Å². The minimum Gasteiger partial charge on any atom is -0.368 e. The summed E-state index contributed by atoms with van der Waals surface area (Å²) in [6, 6.07) is 0. The van der Waals surface area contributed by atoms with Gasteiger partial charge in [-0.15, -0.1) is 11.3 Å².